The second kappa shape index (κ2) is 5.75. The number of amides is 1. The molecule has 0 bridgehead atoms. The van der Waals surface area contributed by atoms with Gasteiger partial charge in [0.15, 0.2) is 0 Å². The highest BCUT2D eigenvalue weighted by Gasteiger charge is 2.11. The zero-order chi connectivity index (χ0) is 13.8. The fourth-order valence-corrected chi connectivity index (χ4v) is 2.02. The molecule has 0 aliphatic carbocycles. The number of aromatic amines is 1. The van der Waals surface area contributed by atoms with Crippen LogP contribution in [-0.2, 0) is 0 Å². The predicted molar refractivity (Wildman–Crippen MR) is 78.2 cm³/mol. The number of carbonyl (C=O) groups excluding carboxylic acids is 1. The zero-order valence-corrected chi connectivity index (χ0v) is 11.4. The van der Waals surface area contributed by atoms with Crippen LogP contribution in [0.5, 0.6) is 0 Å². The van der Waals surface area contributed by atoms with Gasteiger partial charge >= 0.3 is 0 Å². The molecule has 4 N–H and O–H groups in total. The van der Waals surface area contributed by atoms with E-state index in [0.29, 0.717) is 17.8 Å². The first-order chi connectivity index (χ1) is 9.08. The Kier molecular flexibility index (Phi) is 4.06. The third-order valence-corrected chi connectivity index (χ3v) is 3.02. The number of fused-ring (bicyclic) bond motifs is 1. The van der Waals surface area contributed by atoms with Crippen LogP contribution in [0.1, 0.15) is 16.8 Å². The Labute approximate surface area is 112 Å². The van der Waals surface area contributed by atoms with Crippen molar-refractivity contribution in [1.29, 1.82) is 0 Å². The first-order valence-electron chi connectivity index (χ1n) is 6.37. The maximum absolute atomic E-state index is 12.1. The zero-order valence-electron chi connectivity index (χ0n) is 11.4. The summed E-state index contributed by atoms with van der Waals surface area (Å²) in [5.74, 6) is -0.0596. The molecule has 19 heavy (non-hydrogen) atoms. The number of rotatable bonds is 5. The minimum atomic E-state index is -0.0596. The third-order valence-electron chi connectivity index (χ3n) is 3.02. The van der Waals surface area contributed by atoms with E-state index in [1.165, 1.54) is 0 Å². The van der Waals surface area contributed by atoms with Crippen LogP contribution < -0.4 is 11.1 Å². The summed E-state index contributed by atoms with van der Waals surface area (Å²) in [6.07, 6.45) is 2.66. The van der Waals surface area contributed by atoms with Gasteiger partial charge in [0.2, 0.25) is 0 Å². The molecule has 1 aromatic heterocycles. The topological polar surface area (TPSA) is 74.2 Å². The van der Waals surface area contributed by atoms with Crippen LogP contribution in [0.3, 0.4) is 0 Å². The van der Waals surface area contributed by atoms with Crippen molar-refractivity contribution >= 4 is 22.5 Å². The number of hydrogen-bond donors (Lipinski definition) is 3. The fourth-order valence-electron chi connectivity index (χ4n) is 2.02. The second-order valence-electron chi connectivity index (χ2n) is 4.92. The summed E-state index contributed by atoms with van der Waals surface area (Å²) in [4.78, 5) is 17.3. The second-order valence-corrected chi connectivity index (χ2v) is 4.92. The molecule has 0 aliphatic heterocycles. The Morgan fingerprint density at radius 2 is 2.21 bits per heavy atom. The number of nitrogens with zero attached hydrogens (tertiary/aromatic N) is 1. The van der Waals surface area contributed by atoms with E-state index in [1.807, 2.05) is 32.3 Å². The van der Waals surface area contributed by atoms with Crippen LogP contribution in [0.25, 0.3) is 10.9 Å². The third kappa shape index (κ3) is 3.26. The van der Waals surface area contributed by atoms with E-state index in [9.17, 15) is 4.79 Å². The highest BCUT2D eigenvalue weighted by molar-refractivity contribution is 6.07. The van der Waals surface area contributed by atoms with Crippen molar-refractivity contribution in [1.82, 2.24) is 15.2 Å². The summed E-state index contributed by atoms with van der Waals surface area (Å²) in [5.41, 5.74) is 7.99. The molecule has 0 unspecified atom stereocenters. The van der Waals surface area contributed by atoms with E-state index in [4.69, 9.17) is 5.73 Å². The van der Waals surface area contributed by atoms with Crippen molar-refractivity contribution in [2.75, 3.05) is 32.9 Å². The number of benzene rings is 1. The minimum Gasteiger partial charge on any atom is -0.399 e. The molecular weight excluding hydrogens is 240 g/mol. The Balaban J connectivity index is 2.03. The molecule has 1 amide bonds. The molecule has 0 spiro atoms. The summed E-state index contributed by atoms with van der Waals surface area (Å²) in [7, 11) is 4.04. The highest BCUT2D eigenvalue weighted by Crippen LogP contribution is 2.20. The molecule has 5 nitrogen and oxygen atoms in total. The fraction of sp³-hybridized carbons (Fsp3) is 0.357. The first-order valence-corrected chi connectivity index (χ1v) is 6.37. The molecular formula is C14H20N4O. The van der Waals surface area contributed by atoms with Crippen molar-refractivity contribution in [3.8, 4) is 0 Å². The molecule has 102 valence electrons. The standard InChI is InChI=1S/C14H20N4O/c1-18(2)7-3-6-16-14(19)12-9-17-13-5-4-10(15)8-11(12)13/h4-5,8-9,17H,3,6-7,15H2,1-2H3,(H,16,19). The van der Waals surface area contributed by atoms with Gasteiger partial charge in [-0.05, 0) is 45.3 Å². The van der Waals surface area contributed by atoms with Crippen LogP contribution in [-0.4, -0.2) is 43.0 Å². The van der Waals surface area contributed by atoms with Gasteiger partial charge in [-0.2, -0.15) is 0 Å². The number of aromatic nitrogens is 1. The van der Waals surface area contributed by atoms with Gasteiger partial charge in [0.25, 0.3) is 5.91 Å². The van der Waals surface area contributed by atoms with Gasteiger partial charge in [0.1, 0.15) is 0 Å². The van der Waals surface area contributed by atoms with Gasteiger partial charge in [-0.1, -0.05) is 0 Å². The quantitative estimate of drug-likeness (QED) is 0.562. The van der Waals surface area contributed by atoms with Crippen LogP contribution in [0, 0.1) is 0 Å². The summed E-state index contributed by atoms with van der Waals surface area (Å²) in [5, 5.41) is 3.79. The number of nitrogens with two attached hydrogens (primary N) is 1. The van der Waals surface area contributed by atoms with Crippen LogP contribution >= 0.6 is 0 Å². The molecule has 1 heterocycles. The van der Waals surface area contributed by atoms with E-state index in [0.717, 1.165) is 23.9 Å². The van der Waals surface area contributed by atoms with Gasteiger partial charge in [-0.25, -0.2) is 0 Å². The van der Waals surface area contributed by atoms with Gasteiger partial charge in [0.05, 0.1) is 5.56 Å². The van der Waals surface area contributed by atoms with Gasteiger partial charge in [-0.3, -0.25) is 4.79 Å². The van der Waals surface area contributed by atoms with E-state index in [-0.39, 0.29) is 5.91 Å². The molecule has 2 rings (SSSR count). The van der Waals surface area contributed by atoms with Gasteiger partial charge in [-0.15, -0.1) is 0 Å². The SMILES string of the molecule is CN(C)CCCNC(=O)c1c[nH]c2ccc(N)cc12. The Morgan fingerprint density at radius 3 is 2.95 bits per heavy atom. The lowest BCUT2D eigenvalue weighted by Gasteiger charge is -2.09. The smallest absolute Gasteiger partial charge is 0.253 e. The molecule has 0 fully saturated rings. The lowest BCUT2D eigenvalue weighted by atomic mass is 10.1. The number of carbonyl (C=O) groups is 1. The van der Waals surface area contributed by atoms with E-state index in [2.05, 4.69) is 15.2 Å². The molecule has 0 atom stereocenters. The number of nitrogen functional groups attached to an aromatic ring is 1. The van der Waals surface area contributed by atoms with Crippen LogP contribution in [0.4, 0.5) is 5.69 Å². The maximum atomic E-state index is 12.1. The summed E-state index contributed by atoms with van der Waals surface area (Å²) in [6, 6.07) is 5.52. The van der Waals surface area contributed by atoms with Gasteiger partial charge in [0, 0.05) is 29.3 Å². The predicted octanol–water partition coefficient (Wildman–Crippen LogP) is 1.43. The molecule has 2 aromatic rings. The van der Waals surface area contributed by atoms with E-state index in [1.54, 1.807) is 6.20 Å². The maximum Gasteiger partial charge on any atom is 0.253 e. The molecule has 1 aromatic carbocycles. The molecule has 0 radical (unpaired) electrons. The number of nitrogens with one attached hydrogen (secondary N) is 2. The first kappa shape index (κ1) is 13.4. The number of hydrogen-bond acceptors (Lipinski definition) is 3. The number of H-pyrrole nitrogens is 1. The highest BCUT2D eigenvalue weighted by atomic mass is 16.1. The van der Waals surface area contributed by atoms with Crippen molar-refractivity contribution in [2.45, 2.75) is 6.42 Å². The monoisotopic (exact) mass is 260 g/mol. The minimum absolute atomic E-state index is 0.0596. The molecule has 0 saturated carbocycles. The largest absolute Gasteiger partial charge is 0.399 e. The lowest BCUT2D eigenvalue weighted by molar-refractivity contribution is 0.0954. The van der Waals surface area contributed by atoms with Crippen molar-refractivity contribution in [2.24, 2.45) is 0 Å². The van der Waals surface area contributed by atoms with Crippen LogP contribution in [0.15, 0.2) is 24.4 Å². The van der Waals surface area contributed by atoms with Crippen LogP contribution in [0.2, 0.25) is 0 Å². The molecule has 5 heteroatoms. The van der Waals surface area contributed by atoms with Gasteiger partial charge < -0.3 is 20.9 Å². The Morgan fingerprint density at radius 1 is 1.42 bits per heavy atom. The Hall–Kier alpha value is -2.01. The summed E-state index contributed by atoms with van der Waals surface area (Å²) < 4.78 is 0. The van der Waals surface area contributed by atoms with Crippen molar-refractivity contribution in [3.63, 3.8) is 0 Å². The molecule has 0 aliphatic rings. The van der Waals surface area contributed by atoms with Crippen molar-refractivity contribution < 1.29 is 4.79 Å². The summed E-state index contributed by atoms with van der Waals surface area (Å²) in [6.45, 7) is 1.63. The summed E-state index contributed by atoms with van der Waals surface area (Å²) >= 11 is 0. The number of anilines is 1. The molecule has 0 saturated heterocycles. The Bertz CT molecular complexity index is 574. The average Bonchev–Trinajstić information content (AvgIpc) is 2.77. The lowest BCUT2D eigenvalue weighted by Crippen LogP contribution is -2.26. The van der Waals surface area contributed by atoms with E-state index >= 15 is 0 Å². The van der Waals surface area contributed by atoms with Crippen molar-refractivity contribution in [3.05, 3.63) is 30.0 Å². The average molecular weight is 260 g/mol. The normalized spacial score (nSPS) is 11.1. The van der Waals surface area contributed by atoms with E-state index < -0.39 is 0 Å².